The van der Waals surface area contributed by atoms with Crippen molar-refractivity contribution in [3.63, 3.8) is 0 Å². The van der Waals surface area contributed by atoms with E-state index in [0.29, 0.717) is 10.8 Å². The zero-order valence-corrected chi connectivity index (χ0v) is 11.8. The predicted octanol–water partition coefficient (Wildman–Crippen LogP) is 5.66. The Balaban J connectivity index is 0.00000225. The minimum absolute atomic E-state index is 0. The van der Waals surface area contributed by atoms with Crippen LogP contribution in [0.3, 0.4) is 0 Å². The number of thiophene rings is 1. The normalized spacial score (nSPS) is 12.4. The molecular formula is C15H28S. The van der Waals surface area contributed by atoms with Gasteiger partial charge < -0.3 is 0 Å². The van der Waals surface area contributed by atoms with E-state index < -0.39 is 0 Å². The SMILES string of the molecule is C.CC(C)(C)CCc1ccc(C(C)(C)C)s1. The summed E-state index contributed by atoms with van der Waals surface area (Å²) in [6.07, 6.45) is 2.50. The Kier molecular flexibility index (Phi) is 5.25. The number of hydrogen-bond acceptors (Lipinski definition) is 1. The molecule has 0 atom stereocenters. The molecule has 0 unspecified atom stereocenters. The van der Waals surface area contributed by atoms with Crippen LogP contribution in [0.25, 0.3) is 0 Å². The van der Waals surface area contributed by atoms with Gasteiger partial charge in [-0.05, 0) is 35.8 Å². The van der Waals surface area contributed by atoms with Gasteiger partial charge in [-0.3, -0.25) is 0 Å². The Morgan fingerprint density at radius 1 is 1.00 bits per heavy atom. The Morgan fingerprint density at radius 2 is 1.56 bits per heavy atom. The maximum Gasteiger partial charge on any atom is 0.0102 e. The van der Waals surface area contributed by atoms with Crippen LogP contribution in [0.2, 0.25) is 0 Å². The Hall–Kier alpha value is -0.300. The van der Waals surface area contributed by atoms with E-state index >= 15 is 0 Å². The topological polar surface area (TPSA) is 0 Å². The Morgan fingerprint density at radius 3 is 1.94 bits per heavy atom. The van der Waals surface area contributed by atoms with Gasteiger partial charge in [-0.1, -0.05) is 49.0 Å². The minimum atomic E-state index is 0. The summed E-state index contributed by atoms with van der Waals surface area (Å²) in [5.41, 5.74) is 0.760. The quantitative estimate of drug-likeness (QED) is 0.625. The summed E-state index contributed by atoms with van der Waals surface area (Å²) < 4.78 is 0. The number of hydrogen-bond donors (Lipinski definition) is 0. The lowest BCUT2D eigenvalue weighted by Crippen LogP contribution is -2.08. The third kappa shape index (κ3) is 5.16. The highest BCUT2D eigenvalue weighted by molar-refractivity contribution is 7.12. The van der Waals surface area contributed by atoms with E-state index in [1.807, 2.05) is 11.3 Å². The third-order valence-corrected chi connectivity index (χ3v) is 4.09. The van der Waals surface area contributed by atoms with Crippen LogP contribution in [-0.2, 0) is 11.8 Å². The first-order valence-electron chi connectivity index (χ1n) is 5.78. The van der Waals surface area contributed by atoms with Gasteiger partial charge in [0.2, 0.25) is 0 Å². The molecule has 0 aliphatic carbocycles. The lowest BCUT2D eigenvalue weighted by molar-refractivity contribution is 0.379. The molecule has 1 aromatic rings. The van der Waals surface area contributed by atoms with Gasteiger partial charge in [0.1, 0.15) is 0 Å². The molecule has 1 rings (SSSR count). The zero-order chi connectivity index (χ0) is 11.7. The second-order valence-corrected chi connectivity index (χ2v) is 7.74. The average molecular weight is 240 g/mol. The van der Waals surface area contributed by atoms with Crippen LogP contribution in [0.1, 0.15) is 65.1 Å². The summed E-state index contributed by atoms with van der Waals surface area (Å²) in [4.78, 5) is 3.04. The second-order valence-electron chi connectivity index (χ2n) is 6.58. The lowest BCUT2D eigenvalue weighted by atomic mass is 9.90. The van der Waals surface area contributed by atoms with Gasteiger partial charge in [-0.25, -0.2) is 0 Å². The predicted molar refractivity (Wildman–Crippen MR) is 77.5 cm³/mol. The summed E-state index contributed by atoms with van der Waals surface area (Å²) in [5.74, 6) is 0. The van der Waals surface area contributed by atoms with Crippen molar-refractivity contribution in [1.29, 1.82) is 0 Å². The highest BCUT2D eigenvalue weighted by atomic mass is 32.1. The molecule has 0 aromatic carbocycles. The molecule has 0 aliphatic rings. The highest BCUT2D eigenvalue weighted by Crippen LogP contribution is 2.31. The summed E-state index contributed by atoms with van der Waals surface area (Å²) in [5, 5.41) is 0. The van der Waals surface area contributed by atoms with E-state index in [9.17, 15) is 0 Å². The molecule has 1 heteroatoms. The van der Waals surface area contributed by atoms with Crippen LogP contribution in [-0.4, -0.2) is 0 Å². The van der Waals surface area contributed by atoms with Gasteiger partial charge in [-0.2, -0.15) is 0 Å². The fourth-order valence-corrected chi connectivity index (χ4v) is 2.48. The summed E-state index contributed by atoms with van der Waals surface area (Å²) in [7, 11) is 0. The molecule has 0 fully saturated rings. The number of rotatable bonds is 2. The fourth-order valence-electron chi connectivity index (χ4n) is 1.41. The van der Waals surface area contributed by atoms with Gasteiger partial charge >= 0.3 is 0 Å². The van der Waals surface area contributed by atoms with Crippen LogP contribution >= 0.6 is 11.3 Å². The first-order valence-corrected chi connectivity index (χ1v) is 6.59. The third-order valence-electron chi connectivity index (χ3n) is 2.52. The number of aryl methyl sites for hydroxylation is 1. The smallest absolute Gasteiger partial charge is 0.0102 e. The van der Waals surface area contributed by atoms with E-state index in [1.54, 1.807) is 0 Å². The molecule has 0 saturated carbocycles. The molecular weight excluding hydrogens is 212 g/mol. The van der Waals surface area contributed by atoms with Crippen molar-refractivity contribution in [3.8, 4) is 0 Å². The van der Waals surface area contributed by atoms with Crippen LogP contribution < -0.4 is 0 Å². The fraction of sp³-hybridized carbons (Fsp3) is 0.733. The van der Waals surface area contributed by atoms with Gasteiger partial charge in [0.05, 0.1) is 0 Å². The van der Waals surface area contributed by atoms with E-state index in [-0.39, 0.29) is 7.43 Å². The highest BCUT2D eigenvalue weighted by Gasteiger charge is 2.17. The lowest BCUT2D eigenvalue weighted by Gasteiger charge is -2.17. The summed E-state index contributed by atoms with van der Waals surface area (Å²) >= 11 is 1.98. The molecule has 0 nitrogen and oxygen atoms in total. The van der Waals surface area contributed by atoms with E-state index in [1.165, 1.54) is 22.6 Å². The maximum atomic E-state index is 2.31. The van der Waals surface area contributed by atoms with Gasteiger partial charge in [-0.15, -0.1) is 11.3 Å². The molecule has 0 saturated heterocycles. The average Bonchev–Trinajstić information content (AvgIpc) is 2.45. The van der Waals surface area contributed by atoms with Crippen molar-refractivity contribution in [3.05, 3.63) is 21.9 Å². The molecule has 1 aromatic heterocycles. The molecule has 1 heterocycles. The molecule has 0 bridgehead atoms. The largest absolute Gasteiger partial charge is 0.145 e. The van der Waals surface area contributed by atoms with Gasteiger partial charge in [0, 0.05) is 9.75 Å². The van der Waals surface area contributed by atoms with E-state index in [0.717, 1.165) is 0 Å². The van der Waals surface area contributed by atoms with Crippen molar-refractivity contribution >= 4 is 11.3 Å². The molecule has 0 spiro atoms. The molecule has 0 N–H and O–H groups in total. The van der Waals surface area contributed by atoms with Crippen molar-refractivity contribution in [2.75, 3.05) is 0 Å². The Bertz CT molecular complexity index is 307. The van der Waals surface area contributed by atoms with Crippen LogP contribution in [0.5, 0.6) is 0 Å². The first kappa shape index (κ1) is 15.7. The summed E-state index contributed by atoms with van der Waals surface area (Å²) in [6, 6.07) is 4.60. The van der Waals surface area contributed by atoms with Crippen LogP contribution in [0, 0.1) is 5.41 Å². The maximum absolute atomic E-state index is 2.31. The molecule has 0 amide bonds. The van der Waals surface area contributed by atoms with E-state index in [2.05, 4.69) is 53.7 Å². The first-order chi connectivity index (χ1) is 6.68. The summed E-state index contributed by atoms with van der Waals surface area (Å²) in [6.45, 7) is 13.8. The minimum Gasteiger partial charge on any atom is -0.145 e. The van der Waals surface area contributed by atoms with Crippen molar-refractivity contribution in [2.24, 2.45) is 5.41 Å². The molecule has 0 radical (unpaired) electrons. The van der Waals surface area contributed by atoms with Gasteiger partial charge in [0.15, 0.2) is 0 Å². The molecule has 16 heavy (non-hydrogen) atoms. The Labute approximate surface area is 106 Å². The second kappa shape index (κ2) is 5.35. The van der Waals surface area contributed by atoms with E-state index in [4.69, 9.17) is 0 Å². The monoisotopic (exact) mass is 240 g/mol. The van der Waals surface area contributed by atoms with Crippen molar-refractivity contribution in [2.45, 2.75) is 67.2 Å². The molecule has 94 valence electrons. The molecule has 0 aliphatic heterocycles. The van der Waals surface area contributed by atoms with Crippen LogP contribution in [0.15, 0.2) is 12.1 Å². The zero-order valence-electron chi connectivity index (χ0n) is 11.0. The van der Waals surface area contributed by atoms with Crippen molar-refractivity contribution in [1.82, 2.24) is 0 Å². The van der Waals surface area contributed by atoms with Crippen LogP contribution in [0.4, 0.5) is 0 Å². The standard InChI is InChI=1S/C14H24S.CH4/c1-13(2,3)10-9-11-7-8-12(15-11)14(4,5)6;/h7-8H,9-10H2,1-6H3;1H4. The van der Waals surface area contributed by atoms with Crippen molar-refractivity contribution < 1.29 is 0 Å². The van der Waals surface area contributed by atoms with Gasteiger partial charge in [0.25, 0.3) is 0 Å².